The predicted molar refractivity (Wildman–Crippen MR) is 59.7 cm³/mol. The SMILES string of the molecule is O=C(O)CCNS(=O)(=O)c1ccc([NH+]([O-])O)cc1. The standard InChI is InChI=1S/C9H12N2O6S/c12-9(13)5-6-10-18(16,17)8-3-1-7(2-4-8)11(14)15/h1-4,10-11,14H,5-6H2,(H,12,13). The first-order valence-electron chi connectivity index (χ1n) is 4.88. The van der Waals surface area contributed by atoms with Crippen molar-refractivity contribution >= 4 is 21.7 Å². The van der Waals surface area contributed by atoms with E-state index in [4.69, 9.17) is 10.3 Å². The van der Waals surface area contributed by atoms with Crippen LogP contribution in [0.4, 0.5) is 5.69 Å². The van der Waals surface area contributed by atoms with E-state index in [9.17, 15) is 18.4 Å². The van der Waals surface area contributed by atoms with Crippen LogP contribution in [-0.4, -0.2) is 31.2 Å². The number of aliphatic carboxylic acids is 1. The van der Waals surface area contributed by atoms with Crippen molar-refractivity contribution in [2.24, 2.45) is 0 Å². The van der Waals surface area contributed by atoms with Crippen LogP contribution in [0.2, 0.25) is 0 Å². The molecule has 1 atom stereocenters. The van der Waals surface area contributed by atoms with Crippen molar-refractivity contribution in [3.63, 3.8) is 0 Å². The largest absolute Gasteiger partial charge is 0.595 e. The number of rotatable bonds is 6. The second-order valence-corrected chi connectivity index (χ2v) is 5.14. The van der Waals surface area contributed by atoms with Gasteiger partial charge in [-0.3, -0.25) is 4.79 Å². The Labute approximate surface area is 103 Å². The van der Waals surface area contributed by atoms with Gasteiger partial charge in [-0.1, -0.05) is 0 Å². The molecule has 0 radical (unpaired) electrons. The Bertz CT molecular complexity index is 510. The fraction of sp³-hybridized carbons (Fsp3) is 0.222. The van der Waals surface area contributed by atoms with Gasteiger partial charge in [0, 0.05) is 18.7 Å². The van der Waals surface area contributed by atoms with E-state index in [-0.39, 0.29) is 23.5 Å². The van der Waals surface area contributed by atoms with E-state index in [1.807, 2.05) is 0 Å². The fourth-order valence-electron chi connectivity index (χ4n) is 1.15. The van der Waals surface area contributed by atoms with Gasteiger partial charge >= 0.3 is 5.97 Å². The molecule has 1 rings (SSSR count). The summed E-state index contributed by atoms with van der Waals surface area (Å²) in [5, 5.41) is 26.5. The van der Waals surface area contributed by atoms with Crippen molar-refractivity contribution in [1.82, 2.24) is 4.72 Å². The molecule has 0 heterocycles. The van der Waals surface area contributed by atoms with E-state index in [0.717, 1.165) is 24.3 Å². The summed E-state index contributed by atoms with van der Waals surface area (Å²) in [4.78, 5) is 10.1. The first-order valence-corrected chi connectivity index (χ1v) is 6.36. The predicted octanol–water partition coefficient (Wildman–Crippen LogP) is -1.16. The molecule has 0 fully saturated rings. The zero-order valence-electron chi connectivity index (χ0n) is 9.16. The second-order valence-electron chi connectivity index (χ2n) is 3.37. The van der Waals surface area contributed by atoms with Crippen LogP contribution in [0, 0.1) is 5.21 Å². The third kappa shape index (κ3) is 4.05. The Balaban J connectivity index is 2.76. The number of hydrogen-bond acceptors (Lipinski definition) is 5. The molecule has 1 unspecified atom stereocenters. The molecule has 8 nitrogen and oxygen atoms in total. The van der Waals surface area contributed by atoms with Gasteiger partial charge in [0.05, 0.1) is 11.3 Å². The maximum Gasteiger partial charge on any atom is 0.304 e. The van der Waals surface area contributed by atoms with Crippen molar-refractivity contribution < 1.29 is 28.8 Å². The molecule has 1 aromatic carbocycles. The smallest absolute Gasteiger partial charge is 0.304 e. The third-order valence-electron chi connectivity index (χ3n) is 2.04. The molecule has 0 bridgehead atoms. The van der Waals surface area contributed by atoms with Crippen LogP contribution >= 0.6 is 0 Å². The summed E-state index contributed by atoms with van der Waals surface area (Å²) >= 11 is 0. The van der Waals surface area contributed by atoms with Crippen molar-refractivity contribution in [3.8, 4) is 0 Å². The molecule has 0 amide bonds. The molecule has 18 heavy (non-hydrogen) atoms. The van der Waals surface area contributed by atoms with Gasteiger partial charge < -0.3 is 10.3 Å². The van der Waals surface area contributed by atoms with Crippen molar-refractivity contribution in [2.45, 2.75) is 11.3 Å². The number of quaternary nitrogens is 1. The topological polar surface area (TPSA) is 131 Å². The molecule has 0 aromatic heterocycles. The number of sulfonamides is 1. The van der Waals surface area contributed by atoms with E-state index in [1.165, 1.54) is 0 Å². The summed E-state index contributed by atoms with van der Waals surface area (Å²) < 4.78 is 25.4. The van der Waals surface area contributed by atoms with Crippen molar-refractivity contribution in [3.05, 3.63) is 29.5 Å². The van der Waals surface area contributed by atoms with Gasteiger partial charge in [0.2, 0.25) is 10.0 Å². The van der Waals surface area contributed by atoms with E-state index < -0.39 is 21.2 Å². The lowest BCUT2D eigenvalue weighted by molar-refractivity contribution is -0.991. The summed E-state index contributed by atoms with van der Waals surface area (Å²) in [7, 11) is -3.80. The van der Waals surface area contributed by atoms with E-state index >= 15 is 0 Å². The van der Waals surface area contributed by atoms with Gasteiger partial charge in [0.1, 0.15) is 0 Å². The average Bonchev–Trinajstić information content (AvgIpc) is 2.28. The molecule has 0 aliphatic rings. The number of carbonyl (C=O) groups is 1. The number of carboxylic acids is 1. The van der Waals surface area contributed by atoms with Crippen LogP contribution in [0.5, 0.6) is 0 Å². The van der Waals surface area contributed by atoms with E-state index in [0.29, 0.717) is 0 Å². The normalized spacial score (nSPS) is 13.2. The first kappa shape index (κ1) is 14.5. The van der Waals surface area contributed by atoms with Gasteiger partial charge in [0.15, 0.2) is 5.69 Å². The maximum atomic E-state index is 11.6. The minimum Gasteiger partial charge on any atom is -0.595 e. The average molecular weight is 276 g/mol. The van der Waals surface area contributed by atoms with Crippen LogP contribution < -0.4 is 9.95 Å². The highest BCUT2D eigenvalue weighted by molar-refractivity contribution is 7.89. The summed E-state index contributed by atoms with van der Waals surface area (Å²) in [5.74, 6) is -1.11. The fourth-order valence-corrected chi connectivity index (χ4v) is 2.18. The zero-order valence-corrected chi connectivity index (χ0v) is 9.98. The van der Waals surface area contributed by atoms with Gasteiger partial charge in [-0.05, 0) is 12.1 Å². The molecule has 100 valence electrons. The van der Waals surface area contributed by atoms with E-state index in [2.05, 4.69) is 4.72 Å². The van der Waals surface area contributed by atoms with Crippen molar-refractivity contribution in [1.29, 1.82) is 0 Å². The second kappa shape index (κ2) is 5.89. The lowest BCUT2D eigenvalue weighted by atomic mass is 10.3. The molecule has 0 spiro atoms. The molecule has 0 saturated carbocycles. The van der Waals surface area contributed by atoms with Crippen LogP contribution in [-0.2, 0) is 14.8 Å². The molecule has 9 heteroatoms. The highest BCUT2D eigenvalue weighted by atomic mass is 32.2. The monoisotopic (exact) mass is 276 g/mol. The minimum atomic E-state index is -3.80. The molecule has 0 aliphatic heterocycles. The van der Waals surface area contributed by atoms with Gasteiger partial charge in [-0.2, -0.15) is 5.23 Å². The Morgan fingerprint density at radius 2 is 1.89 bits per heavy atom. The minimum absolute atomic E-state index is 0.0283. The molecule has 4 N–H and O–H groups in total. The zero-order chi connectivity index (χ0) is 13.8. The van der Waals surface area contributed by atoms with Crippen LogP contribution in [0.15, 0.2) is 29.2 Å². The van der Waals surface area contributed by atoms with Crippen LogP contribution in [0.3, 0.4) is 0 Å². The van der Waals surface area contributed by atoms with Gasteiger partial charge in [-0.25, -0.2) is 18.3 Å². The number of carboxylic acid groups (broad SMARTS) is 1. The number of benzene rings is 1. The number of hydrogen-bond donors (Lipinski definition) is 4. The highest BCUT2D eigenvalue weighted by Crippen LogP contribution is 2.11. The Morgan fingerprint density at radius 1 is 1.33 bits per heavy atom. The summed E-state index contributed by atoms with van der Waals surface area (Å²) in [6, 6.07) is 4.61. The lowest BCUT2D eigenvalue weighted by Crippen LogP contribution is -2.99. The van der Waals surface area contributed by atoms with Crippen LogP contribution in [0.1, 0.15) is 6.42 Å². The third-order valence-corrected chi connectivity index (χ3v) is 3.52. The molecule has 1 aromatic rings. The Morgan fingerprint density at radius 3 is 2.33 bits per heavy atom. The molecular formula is C9H12N2O6S. The summed E-state index contributed by atoms with van der Waals surface area (Å²) in [6.07, 6.45) is -0.327. The van der Waals surface area contributed by atoms with Gasteiger partial charge in [0.25, 0.3) is 0 Å². The highest BCUT2D eigenvalue weighted by Gasteiger charge is 2.14. The van der Waals surface area contributed by atoms with Crippen LogP contribution in [0.25, 0.3) is 0 Å². The van der Waals surface area contributed by atoms with E-state index in [1.54, 1.807) is 0 Å². The number of nitrogens with one attached hydrogen (secondary N) is 2. The maximum absolute atomic E-state index is 11.6. The summed E-state index contributed by atoms with van der Waals surface area (Å²) in [6.45, 7) is -0.224. The molecule has 0 aliphatic carbocycles. The first-order chi connectivity index (χ1) is 8.33. The van der Waals surface area contributed by atoms with Gasteiger partial charge in [-0.15, -0.1) is 0 Å². The summed E-state index contributed by atoms with van der Waals surface area (Å²) in [5.41, 5.74) is -0.0283. The van der Waals surface area contributed by atoms with Crippen molar-refractivity contribution in [2.75, 3.05) is 6.54 Å². The quantitative estimate of drug-likeness (QED) is 0.485. The Hall–Kier alpha value is -1.52. The molecule has 0 saturated heterocycles. The lowest BCUT2D eigenvalue weighted by Gasteiger charge is -2.11. The Kier molecular flexibility index (Phi) is 4.76. The molecular weight excluding hydrogens is 264 g/mol.